The number of aromatic nitrogens is 2. The summed E-state index contributed by atoms with van der Waals surface area (Å²) in [5.74, 6) is 0.767. The minimum absolute atomic E-state index is 0.0805. The Kier molecular flexibility index (Phi) is 6.21. The zero-order chi connectivity index (χ0) is 19.2. The summed E-state index contributed by atoms with van der Waals surface area (Å²) in [4.78, 5) is 25.3. The van der Waals surface area contributed by atoms with Gasteiger partial charge in [-0.3, -0.25) is 4.79 Å². The van der Waals surface area contributed by atoms with Gasteiger partial charge in [0.1, 0.15) is 11.5 Å². The summed E-state index contributed by atoms with van der Waals surface area (Å²) in [5.41, 5.74) is 1.38. The molecule has 1 aromatic carbocycles. The molecule has 0 spiro atoms. The number of hydrogen-bond acceptors (Lipinski definition) is 5. The Labute approximate surface area is 159 Å². The third-order valence-electron chi connectivity index (χ3n) is 4.64. The Hall–Kier alpha value is -2.70. The normalized spacial score (nSPS) is 14.5. The van der Waals surface area contributed by atoms with Crippen molar-refractivity contribution in [2.75, 3.05) is 42.9 Å². The quantitative estimate of drug-likeness (QED) is 0.846. The summed E-state index contributed by atoms with van der Waals surface area (Å²) in [7, 11) is 0. The fourth-order valence-electron chi connectivity index (χ4n) is 3.02. The van der Waals surface area contributed by atoms with Crippen molar-refractivity contribution in [3.05, 3.63) is 48.0 Å². The first-order valence-electron chi connectivity index (χ1n) is 9.39. The molecule has 6 nitrogen and oxygen atoms in total. The molecule has 1 amide bonds. The second kappa shape index (κ2) is 8.79. The SMILES string of the molecule is CC(C)CCNc1nccc(C(=O)N2CCN(c3ccc(F)cc3)CC2)n1. The molecular formula is C20H26FN5O. The summed E-state index contributed by atoms with van der Waals surface area (Å²) < 4.78 is 13.1. The number of piperazine rings is 1. The number of nitrogens with one attached hydrogen (secondary N) is 1. The van der Waals surface area contributed by atoms with Crippen LogP contribution in [0.5, 0.6) is 0 Å². The van der Waals surface area contributed by atoms with Gasteiger partial charge in [0.2, 0.25) is 5.95 Å². The van der Waals surface area contributed by atoms with Gasteiger partial charge in [-0.05, 0) is 42.7 Å². The Morgan fingerprint density at radius 2 is 1.85 bits per heavy atom. The Bertz CT molecular complexity index is 757. The van der Waals surface area contributed by atoms with E-state index in [0.29, 0.717) is 43.7 Å². The molecule has 0 radical (unpaired) electrons. The van der Waals surface area contributed by atoms with Crippen molar-refractivity contribution >= 4 is 17.5 Å². The topological polar surface area (TPSA) is 61.4 Å². The Morgan fingerprint density at radius 1 is 1.15 bits per heavy atom. The van der Waals surface area contributed by atoms with Crippen LogP contribution in [0.1, 0.15) is 30.8 Å². The highest BCUT2D eigenvalue weighted by Gasteiger charge is 2.23. The van der Waals surface area contributed by atoms with Gasteiger partial charge in [0.15, 0.2) is 0 Å². The molecule has 27 heavy (non-hydrogen) atoms. The second-order valence-electron chi connectivity index (χ2n) is 7.13. The molecular weight excluding hydrogens is 345 g/mol. The van der Waals surface area contributed by atoms with E-state index in [1.807, 2.05) is 0 Å². The number of nitrogens with zero attached hydrogens (tertiary/aromatic N) is 4. The largest absolute Gasteiger partial charge is 0.368 e. The molecule has 1 aliphatic rings. The van der Waals surface area contributed by atoms with Crippen molar-refractivity contribution in [3.63, 3.8) is 0 Å². The summed E-state index contributed by atoms with van der Waals surface area (Å²) in [6, 6.07) is 8.12. The molecule has 144 valence electrons. The van der Waals surface area contributed by atoms with Crippen LogP contribution < -0.4 is 10.2 Å². The molecule has 0 bridgehead atoms. The van der Waals surface area contributed by atoms with Crippen LogP contribution in [-0.4, -0.2) is 53.5 Å². The van der Waals surface area contributed by atoms with Gasteiger partial charge in [-0.1, -0.05) is 13.8 Å². The Morgan fingerprint density at radius 3 is 2.52 bits per heavy atom. The Balaban J connectivity index is 1.56. The molecule has 1 fully saturated rings. The van der Waals surface area contributed by atoms with E-state index >= 15 is 0 Å². The van der Waals surface area contributed by atoms with Crippen molar-refractivity contribution in [1.29, 1.82) is 0 Å². The van der Waals surface area contributed by atoms with Crippen molar-refractivity contribution in [1.82, 2.24) is 14.9 Å². The first-order chi connectivity index (χ1) is 13.0. The van der Waals surface area contributed by atoms with Gasteiger partial charge >= 0.3 is 0 Å². The molecule has 2 aromatic rings. The van der Waals surface area contributed by atoms with Gasteiger partial charge in [-0.15, -0.1) is 0 Å². The first kappa shape index (κ1) is 19.1. The number of amides is 1. The summed E-state index contributed by atoms with van der Waals surface area (Å²) >= 11 is 0. The van der Waals surface area contributed by atoms with Crippen molar-refractivity contribution < 1.29 is 9.18 Å². The van der Waals surface area contributed by atoms with Crippen molar-refractivity contribution in [2.45, 2.75) is 20.3 Å². The van der Waals surface area contributed by atoms with Gasteiger partial charge in [0.25, 0.3) is 5.91 Å². The first-order valence-corrected chi connectivity index (χ1v) is 9.39. The smallest absolute Gasteiger partial charge is 0.272 e. The average Bonchev–Trinajstić information content (AvgIpc) is 2.68. The number of benzene rings is 1. The van der Waals surface area contributed by atoms with Gasteiger partial charge in [-0.2, -0.15) is 0 Å². The molecule has 0 atom stereocenters. The van der Waals surface area contributed by atoms with Crippen molar-refractivity contribution in [2.24, 2.45) is 5.92 Å². The third kappa shape index (κ3) is 5.15. The van der Waals surface area contributed by atoms with E-state index in [1.165, 1.54) is 12.1 Å². The third-order valence-corrected chi connectivity index (χ3v) is 4.64. The molecule has 1 saturated heterocycles. The summed E-state index contributed by atoms with van der Waals surface area (Å²) in [6.07, 6.45) is 2.64. The average molecular weight is 371 g/mol. The van der Waals surface area contributed by atoms with E-state index in [1.54, 1.807) is 29.3 Å². The van der Waals surface area contributed by atoms with E-state index in [9.17, 15) is 9.18 Å². The van der Waals surface area contributed by atoms with Crippen LogP contribution in [-0.2, 0) is 0 Å². The number of hydrogen-bond donors (Lipinski definition) is 1. The molecule has 0 aliphatic carbocycles. The fraction of sp³-hybridized carbons (Fsp3) is 0.450. The number of halogens is 1. The minimum Gasteiger partial charge on any atom is -0.368 e. The highest BCUT2D eigenvalue weighted by Crippen LogP contribution is 2.18. The molecule has 3 rings (SSSR count). The molecule has 1 N–H and O–H groups in total. The van der Waals surface area contributed by atoms with Crippen molar-refractivity contribution in [3.8, 4) is 0 Å². The van der Waals surface area contributed by atoms with E-state index in [0.717, 1.165) is 18.7 Å². The van der Waals surface area contributed by atoms with Gasteiger partial charge in [-0.25, -0.2) is 14.4 Å². The highest BCUT2D eigenvalue weighted by atomic mass is 19.1. The number of carbonyl (C=O) groups excluding carboxylic acids is 1. The van der Waals surface area contributed by atoms with Gasteiger partial charge < -0.3 is 15.1 Å². The standard InChI is InChI=1S/C20H26FN5O/c1-15(2)7-9-22-20-23-10-8-18(24-20)19(27)26-13-11-25(12-14-26)17-5-3-16(21)4-6-17/h3-6,8,10,15H,7,9,11-14H2,1-2H3,(H,22,23,24). The highest BCUT2D eigenvalue weighted by molar-refractivity contribution is 5.92. The van der Waals surface area contributed by atoms with Gasteiger partial charge in [0.05, 0.1) is 0 Å². The molecule has 0 saturated carbocycles. The van der Waals surface area contributed by atoms with E-state index < -0.39 is 0 Å². The lowest BCUT2D eigenvalue weighted by atomic mass is 10.1. The summed E-state index contributed by atoms with van der Waals surface area (Å²) in [6.45, 7) is 7.74. The van der Waals surface area contributed by atoms with E-state index in [4.69, 9.17) is 0 Å². The predicted molar refractivity (Wildman–Crippen MR) is 104 cm³/mol. The number of carbonyl (C=O) groups is 1. The fourth-order valence-corrected chi connectivity index (χ4v) is 3.02. The van der Waals surface area contributed by atoms with Crippen LogP contribution in [0.2, 0.25) is 0 Å². The van der Waals surface area contributed by atoms with Crippen LogP contribution >= 0.6 is 0 Å². The number of rotatable bonds is 6. The zero-order valence-corrected chi connectivity index (χ0v) is 15.9. The maximum atomic E-state index is 13.1. The lowest BCUT2D eigenvalue weighted by Gasteiger charge is -2.36. The summed E-state index contributed by atoms with van der Waals surface area (Å²) in [5, 5.41) is 3.18. The van der Waals surface area contributed by atoms with E-state index in [2.05, 4.69) is 34.0 Å². The molecule has 2 heterocycles. The lowest BCUT2D eigenvalue weighted by Crippen LogP contribution is -2.49. The van der Waals surface area contributed by atoms with Gasteiger partial charge in [0, 0.05) is 44.6 Å². The van der Waals surface area contributed by atoms with Crippen LogP contribution in [0.3, 0.4) is 0 Å². The predicted octanol–water partition coefficient (Wildman–Crippen LogP) is 3.04. The maximum absolute atomic E-state index is 13.1. The number of anilines is 2. The lowest BCUT2D eigenvalue weighted by molar-refractivity contribution is 0.0741. The van der Waals surface area contributed by atoms with Crippen LogP contribution in [0.4, 0.5) is 16.0 Å². The maximum Gasteiger partial charge on any atom is 0.272 e. The minimum atomic E-state index is -0.242. The molecule has 1 aliphatic heterocycles. The van der Waals surface area contributed by atoms with Crippen LogP contribution in [0, 0.1) is 11.7 Å². The molecule has 7 heteroatoms. The van der Waals surface area contributed by atoms with E-state index in [-0.39, 0.29) is 11.7 Å². The molecule has 1 aromatic heterocycles. The monoisotopic (exact) mass is 371 g/mol. The zero-order valence-electron chi connectivity index (χ0n) is 15.9. The second-order valence-corrected chi connectivity index (χ2v) is 7.13. The van der Waals surface area contributed by atoms with Crippen LogP contribution in [0.15, 0.2) is 36.5 Å². The molecule has 0 unspecified atom stereocenters. The van der Waals surface area contributed by atoms with Crippen LogP contribution in [0.25, 0.3) is 0 Å².